The van der Waals surface area contributed by atoms with Crippen molar-refractivity contribution in [3.05, 3.63) is 40.3 Å². The van der Waals surface area contributed by atoms with Gasteiger partial charge in [0.25, 0.3) is 0 Å². The third-order valence-electron chi connectivity index (χ3n) is 5.29. The van der Waals surface area contributed by atoms with Gasteiger partial charge in [-0.2, -0.15) is 5.10 Å². The van der Waals surface area contributed by atoms with Gasteiger partial charge in [-0.05, 0) is 45.1 Å². The minimum Gasteiger partial charge on any atom is -0.495 e. The predicted molar refractivity (Wildman–Crippen MR) is 126 cm³/mol. The number of ether oxygens (including phenoxy) is 1. The van der Waals surface area contributed by atoms with Crippen LogP contribution in [0.15, 0.2) is 18.2 Å². The number of benzene rings is 1. The van der Waals surface area contributed by atoms with Crippen LogP contribution in [0.5, 0.6) is 5.75 Å². The van der Waals surface area contributed by atoms with Crippen LogP contribution in [-0.2, 0) is 26.6 Å². The number of hydrogen-bond donors (Lipinski definition) is 2. The number of aryl methyl sites for hydroxylation is 2. The van der Waals surface area contributed by atoms with Gasteiger partial charge in [0.2, 0.25) is 0 Å². The van der Waals surface area contributed by atoms with E-state index in [0.29, 0.717) is 23.9 Å². The first kappa shape index (κ1) is 23.2. The molecule has 0 saturated heterocycles. The first-order valence-electron chi connectivity index (χ1n) is 10.5. The average Bonchev–Trinajstić information content (AvgIpc) is 3.06. The molecule has 9 heteroatoms. The fourth-order valence-electron chi connectivity index (χ4n) is 3.32. The van der Waals surface area contributed by atoms with Gasteiger partial charge in [0.1, 0.15) is 22.6 Å². The van der Waals surface area contributed by atoms with Crippen LogP contribution >= 0.6 is 11.6 Å². The van der Waals surface area contributed by atoms with Crippen molar-refractivity contribution < 1.29 is 4.74 Å². The van der Waals surface area contributed by atoms with Crippen LogP contribution in [0.1, 0.15) is 37.4 Å². The van der Waals surface area contributed by atoms with Gasteiger partial charge in [0, 0.05) is 13.6 Å². The third kappa shape index (κ3) is 5.44. The highest BCUT2D eigenvalue weighted by Gasteiger charge is 2.17. The maximum Gasteiger partial charge on any atom is 0.156 e. The smallest absolute Gasteiger partial charge is 0.156 e. The van der Waals surface area contributed by atoms with E-state index < -0.39 is 0 Å². The van der Waals surface area contributed by atoms with Gasteiger partial charge in [0.05, 0.1) is 30.5 Å². The van der Waals surface area contributed by atoms with Crippen LogP contribution in [0.25, 0.3) is 11.0 Å². The summed E-state index contributed by atoms with van der Waals surface area (Å²) in [6.45, 7) is 5.40. The molecular formula is C22H32ClN7O. The van der Waals surface area contributed by atoms with E-state index in [1.807, 2.05) is 44.0 Å². The lowest BCUT2D eigenvalue weighted by atomic mass is 10.2. The maximum atomic E-state index is 6.29. The van der Waals surface area contributed by atoms with Gasteiger partial charge in [-0.3, -0.25) is 14.9 Å². The molecule has 2 heterocycles. The van der Waals surface area contributed by atoms with E-state index in [0.717, 1.165) is 46.8 Å². The summed E-state index contributed by atoms with van der Waals surface area (Å²) in [5.41, 5.74) is 3.85. The molecule has 31 heavy (non-hydrogen) atoms. The van der Waals surface area contributed by atoms with E-state index in [-0.39, 0.29) is 6.17 Å². The summed E-state index contributed by atoms with van der Waals surface area (Å²) in [6, 6.07) is 5.76. The Morgan fingerprint density at radius 2 is 2.00 bits per heavy atom. The molecule has 0 aliphatic carbocycles. The fourth-order valence-corrected chi connectivity index (χ4v) is 3.60. The molecular weight excluding hydrogens is 414 g/mol. The Balaban J connectivity index is 1.92. The van der Waals surface area contributed by atoms with Crippen LogP contribution in [0.4, 0.5) is 5.82 Å². The Labute approximate surface area is 189 Å². The zero-order valence-corrected chi connectivity index (χ0v) is 19.9. The van der Waals surface area contributed by atoms with Crippen molar-refractivity contribution >= 4 is 28.5 Å². The lowest BCUT2D eigenvalue weighted by Gasteiger charge is -2.20. The van der Waals surface area contributed by atoms with Gasteiger partial charge >= 0.3 is 0 Å². The monoisotopic (exact) mass is 445 g/mol. The molecule has 0 saturated carbocycles. The Morgan fingerprint density at radius 3 is 2.65 bits per heavy atom. The van der Waals surface area contributed by atoms with E-state index in [1.54, 1.807) is 7.11 Å². The molecule has 8 nitrogen and oxygen atoms in total. The Hall–Kier alpha value is -2.42. The van der Waals surface area contributed by atoms with Crippen molar-refractivity contribution in [2.75, 3.05) is 26.5 Å². The molecule has 2 N–H and O–H groups in total. The van der Waals surface area contributed by atoms with E-state index >= 15 is 0 Å². The molecule has 3 rings (SSSR count). The number of hydrogen-bond acceptors (Lipinski definition) is 7. The quantitative estimate of drug-likeness (QED) is 0.461. The number of aromatic nitrogens is 4. The molecule has 0 bridgehead atoms. The molecule has 0 amide bonds. The van der Waals surface area contributed by atoms with Crippen LogP contribution in [0.2, 0.25) is 5.02 Å². The third-order valence-corrected chi connectivity index (χ3v) is 5.59. The Morgan fingerprint density at radius 1 is 1.23 bits per heavy atom. The summed E-state index contributed by atoms with van der Waals surface area (Å²) in [5, 5.41) is 12.2. The number of nitrogens with one attached hydrogen (secondary N) is 2. The normalized spacial score (nSPS) is 12.5. The maximum absolute atomic E-state index is 6.29. The lowest BCUT2D eigenvalue weighted by Crippen LogP contribution is -2.38. The zero-order valence-electron chi connectivity index (χ0n) is 19.2. The highest BCUT2D eigenvalue weighted by molar-refractivity contribution is 6.32. The second-order valence-electron chi connectivity index (χ2n) is 7.85. The lowest BCUT2D eigenvalue weighted by molar-refractivity contribution is 0.262. The fraction of sp³-hybridized carbons (Fsp3) is 0.500. The molecule has 0 aliphatic rings. The summed E-state index contributed by atoms with van der Waals surface area (Å²) >= 11 is 6.29. The number of anilines is 1. The number of fused-ring (bicyclic) bond motifs is 1. The second-order valence-corrected chi connectivity index (χ2v) is 8.26. The Bertz CT molecular complexity index is 1030. The van der Waals surface area contributed by atoms with Crippen LogP contribution < -0.4 is 15.4 Å². The molecule has 0 radical (unpaired) electrons. The summed E-state index contributed by atoms with van der Waals surface area (Å²) in [7, 11) is 7.62. The first-order chi connectivity index (χ1) is 14.8. The standard InChI is InChI=1S/C22H32ClN7O/c1-7-8-17-20-21(30(5)28-17)22(27-19(26-20)13-24-14(2)29(3)4)25-12-15-9-10-18(31-6)16(23)11-15/h9-11,14,24H,7-8,12-13H2,1-6H3,(H,25,26,27). The minimum atomic E-state index is 0.209. The van der Waals surface area contributed by atoms with Gasteiger partial charge in [-0.15, -0.1) is 0 Å². The van der Waals surface area contributed by atoms with E-state index in [2.05, 4.69) is 29.4 Å². The Kier molecular flexibility index (Phi) is 7.69. The van der Waals surface area contributed by atoms with Gasteiger partial charge in [-0.25, -0.2) is 9.97 Å². The second kappa shape index (κ2) is 10.3. The van der Waals surface area contributed by atoms with Crippen LogP contribution in [-0.4, -0.2) is 52.0 Å². The summed E-state index contributed by atoms with van der Waals surface area (Å²) in [4.78, 5) is 11.8. The molecule has 1 unspecified atom stereocenters. The molecule has 2 aromatic heterocycles. The van der Waals surface area contributed by atoms with Crippen molar-refractivity contribution in [1.29, 1.82) is 0 Å². The number of rotatable bonds is 10. The SMILES string of the molecule is CCCc1nn(C)c2c(NCc3ccc(OC)c(Cl)c3)nc(CNC(C)N(C)C)nc12. The van der Waals surface area contributed by atoms with Crippen molar-refractivity contribution in [2.45, 2.75) is 45.9 Å². The van der Waals surface area contributed by atoms with Crippen molar-refractivity contribution in [2.24, 2.45) is 7.05 Å². The summed E-state index contributed by atoms with van der Waals surface area (Å²) in [5.74, 6) is 2.17. The first-order valence-corrected chi connectivity index (χ1v) is 10.9. The van der Waals surface area contributed by atoms with E-state index in [4.69, 9.17) is 31.4 Å². The molecule has 168 valence electrons. The molecule has 3 aromatic rings. The van der Waals surface area contributed by atoms with Crippen molar-refractivity contribution in [3.8, 4) is 5.75 Å². The highest BCUT2D eigenvalue weighted by atomic mass is 35.5. The molecule has 1 atom stereocenters. The highest BCUT2D eigenvalue weighted by Crippen LogP contribution is 2.27. The van der Waals surface area contributed by atoms with Crippen LogP contribution in [0.3, 0.4) is 0 Å². The van der Waals surface area contributed by atoms with Crippen LogP contribution in [0, 0.1) is 0 Å². The topological polar surface area (TPSA) is 80.1 Å². The summed E-state index contributed by atoms with van der Waals surface area (Å²) < 4.78 is 7.11. The van der Waals surface area contributed by atoms with Gasteiger partial charge in [0.15, 0.2) is 5.82 Å². The number of methoxy groups -OCH3 is 1. The minimum absolute atomic E-state index is 0.209. The van der Waals surface area contributed by atoms with E-state index in [9.17, 15) is 0 Å². The molecule has 0 aliphatic heterocycles. The van der Waals surface area contributed by atoms with E-state index in [1.165, 1.54) is 0 Å². The molecule has 0 fully saturated rings. The van der Waals surface area contributed by atoms with Gasteiger partial charge in [-0.1, -0.05) is 31.0 Å². The van der Waals surface area contributed by atoms with Crippen molar-refractivity contribution in [3.63, 3.8) is 0 Å². The number of nitrogens with zero attached hydrogens (tertiary/aromatic N) is 5. The average molecular weight is 446 g/mol. The van der Waals surface area contributed by atoms with Gasteiger partial charge < -0.3 is 10.1 Å². The zero-order chi connectivity index (χ0) is 22.5. The molecule has 0 spiro atoms. The predicted octanol–water partition coefficient (Wildman–Crippen LogP) is 3.59. The van der Waals surface area contributed by atoms with Crippen molar-refractivity contribution in [1.82, 2.24) is 30.0 Å². The largest absolute Gasteiger partial charge is 0.495 e. The summed E-state index contributed by atoms with van der Waals surface area (Å²) in [6.07, 6.45) is 2.10. The number of halogens is 1. The molecule has 1 aromatic carbocycles.